The molecule has 1 aliphatic rings. The number of fused-ring (bicyclic) bond motifs is 1. The highest BCUT2D eigenvalue weighted by Gasteiger charge is 2.24. The fourth-order valence-electron chi connectivity index (χ4n) is 3.34. The number of nitrogens with one attached hydrogen (secondary N) is 2. The van der Waals surface area contributed by atoms with Crippen LogP contribution in [-0.4, -0.2) is 12.5 Å². The SMILES string of the molecule is C[C@H]1CCc2c(sc(NC(=O)CN[C@@H](C)c3ccc(Cl)cc3Cl)c2C#N)C1. The number of anilines is 1. The maximum Gasteiger partial charge on any atom is 0.238 e. The van der Waals surface area contributed by atoms with Crippen molar-refractivity contribution in [3.8, 4) is 6.07 Å². The number of halogens is 2. The number of nitrogens with zero attached hydrogens (tertiary/aromatic N) is 1. The molecular weight excluding hydrogens is 401 g/mol. The minimum absolute atomic E-state index is 0.103. The molecule has 0 bridgehead atoms. The van der Waals surface area contributed by atoms with Crippen molar-refractivity contribution in [3.63, 3.8) is 0 Å². The average Bonchev–Trinajstić information content (AvgIpc) is 2.95. The Balaban J connectivity index is 1.64. The Hall–Kier alpha value is -1.58. The second kappa shape index (κ2) is 8.62. The third-order valence-electron chi connectivity index (χ3n) is 4.87. The molecule has 3 rings (SSSR count). The first-order valence-electron chi connectivity index (χ1n) is 8.91. The summed E-state index contributed by atoms with van der Waals surface area (Å²) in [6.07, 6.45) is 2.98. The number of thiophene rings is 1. The number of rotatable bonds is 5. The second-order valence-corrected chi connectivity index (χ2v) is 8.93. The Bertz CT molecular complexity index is 903. The van der Waals surface area contributed by atoms with E-state index in [4.69, 9.17) is 23.2 Å². The van der Waals surface area contributed by atoms with Crippen molar-refractivity contribution in [1.29, 1.82) is 5.26 Å². The van der Waals surface area contributed by atoms with Gasteiger partial charge in [0.05, 0.1) is 12.1 Å². The van der Waals surface area contributed by atoms with Gasteiger partial charge in [-0.25, -0.2) is 0 Å². The molecule has 7 heteroatoms. The zero-order chi connectivity index (χ0) is 19.6. The fraction of sp³-hybridized carbons (Fsp3) is 0.400. The number of carbonyl (C=O) groups excluding carboxylic acids is 1. The Morgan fingerprint density at radius 3 is 2.93 bits per heavy atom. The molecule has 0 radical (unpaired) electrons. The van der Waals surface area contributed by atoms with Gasteiger partial charge in [-0.05, 0) is 55.4 Å². The van der Waals surface area contributed by atoms with Gasteiger partial charge in [0.2, 0.25) is 5.91 Å². The van der Waals surface area contributed by atoms with Crippen LogP contribution in [-0.2, 0) is 17.6 Å². The van der Waals surface area contributed by atoms with Crippen LogP contribution < -0.4 is 10.6 Å². The van der Waals surface area contributed by atoms with Crippen LogP contribution in [0.25, 0.3) is 0 Å². The Labute approximate surface area is 173 Å². The van der Waals surface area contributed by atoms with Crippen LogP contribution in [0.15, 0.2) is 18.2 Å². The molecule has 1 aliphatic carbocycles. The van der Waals surface area contributed by atoms with E-state index in [0.717, 1.165) is 30.4 Å². The molecule has 1 heterocycles. The highest BCUT2D eigenvalue weighted by atomic mass is 35.5. The van der Waals surface area contributed by atoms with Crippen molar-refractivity contribution >= 4 is 45.4 Å². The Morgan fingerprint density at radius 2 is 2.22 bits per heavy atom. The largest absolute Gasteiger partial charge is 0.315 e. The molecule has 0 spiro atoms. The number of benzene rings is 1. The fourth-order valence-corrected chi connectivity index (χ4v) is 5.29. The number of hydrogen-bond donors (Lipinski definition) is 2. The summed E-state index contributed by atoms with van der Waals surface area (Å²) in [5.41, 5.74) is 2.63. The normalized spacial score (nSPS) is 17.1. The van der Waals surface area contributed by atoms with Crippen molar-refractivity contribution < 1.29 is 4.79 Å². The van der Waals surface area contributed by atoms with Crippen LogP contribution in [0.1, 0.15) is 47.9 Å². The summed E-state index contributed by atoms with van der Waals surface area (Å²) in [5.74, 6) is 0.452. The zero-order valence-electron chi connectivity index (χ0n) is 15.2. The van der Waals surface area contributed by atoms with Crippen LogP contribution in [0, 0.1) is 17.2 Å². The van der Waals surface area contributed by atoms with Gasteiger partial charge in [0.25, 0.3) is 0 Å². The van der Waals surface area contributed by atoms with Crippen molar-refractivity contribution in [3.05, 3.63) is 49.8 Å². The van der Waals surface area contributed by atoms with Gasteiger partial charge in [-0.15, -0.1) is 11.3 Å². The monoisotopic (exact) mass is 421 g/mol. The summed E-state index contributed by atoms with van der Waals surface area (Å²) < 4.78 is 0. The molecule has 1 amide bonds. The lowest BCUT2D eigenvalue weighted by Crippen LogP contribution is -2.30. The van der Waals surface area contributed by atoms with Crippen LogP contribution in [0.2, 0.25) is 10.0 Å². The quantitative estimate of drug-likeness (QED) is 0.684. The summed E-state index contributed by atoms with van der Waals surface area (Å²) in [6.45, 7) is 4.29. The molecule has 1 aromatic carbocycles. The highest BCUT2D eigenvalue weighted by Crippen LogP contribution is 2.39. The molecule has 2 N–H and O–H groups in total. The molecule has 0 unspecified atom stereocenters. The van der Waals surface area contributed by atoms with Crippen molar-refractivity contribution in [2.45, 2.75) is 39.2 Å². The molecule has 2 atom stereocenters. The zero-order valence-corrected chi connectivity index (χ0v) is 17.6. The van der Waals surface area contributed by atoms with Gasteiger partial charge >= 0.3 is 0 Å². The van der Waals surface area contributed by atoms with Crippen molar-refractivity contribution in [1.82, 2.24) is 5.32 Å². The van der Waals surface area contributed by atoms with E-state index in [1.54, 1.807) is 12.1 Å². The Kier molecular flexibility index (Phi) is 6.44. The van der Waals surface area contributed by atoms with E-state index in [0.29, 0.717) is 26.5 Å². The first-order valence-corrected chi connectivity index (χ1v) is 10.5. The van der Waals surface area contributed by atoms with Crippen LogP contribution in [0.3, 0.4) is 0 Å². The smallest absolute Gasteiger partial charge is 0.238 e. The predicted molar refractivity (Wildman–Crippen MR) is 112 cm³/mol. The first-order chi connectivity index (χ1) is 12.9. The third kappa shape index (κ3) is 4.64. The highest BCUT2D eigenvalue weighted by molar-refractivity contribution is 7.16. The molecule has 27 heavy (non-hydrogen) atoms. The number of nitriles is 1. The number of hydrogen-bond acceptors (Lipinski definition) is 4. The number of carbonyl (C=O) groups is 1. The molecule has 1 aromatic heterocycles. The predicted octanol–water partition coefficient (Wildman–Crippen LogP) is 5.34. The summed E-state index contributed by atoms with van der Waals surface area (Å²) in [5, 5.41) is 17.4. The maximum absolute atomic E-state index is 12.4. The molecule has 0 fully saturated rings. The summed E-state index contributed by atoms with van der Waals surface area (Å²) >= 11 is 13.7. The Morgan fingerprint density at radius 1 is 1.44 bits per heavy atom. The summed E-state index contributed by atoms with van der Waals surface area (Å²) in [4.78, 5) is 13.6. The second-order valence-electron chi connectivity index (χ2n) is 6.98. The minimum Gasteiger partial charge on any atom is -0.315 e. The van der Waals surface area contributed by atoms with E-state index in [1.807, 2.05) is 13.0 Å². The lowest BCUT2D eigenvalue weighted by atomic mass is 9.89. The lowest BCUT2D eigenvalue weighted by Gasteiger charge is -2.17. The van der Waals surface area contributed by atoms with Gasteiger partial charge in [-0.3, -0.25) is 4.79 Å². The maximum atomic E-state index is 12.4. The van der Waals surface area contributed by atoms with E-state index in [2.05, 4.69) is 23.6 Å². The first kappa shape index (κ1) is 20.2. The molecule has 0 saturated carbocycles. The van der Waals surface area contributed by atoms with E-state index < -0.39 is 0 Å². The van der Waals surface area contributed by atoms with E-state index in [-0.39, 0.29) is 18.5 Å². The summed E-state index contributed by atoms with van der Waals surface area (Å²) in [7, 11) is 0. The van der Waals surface area contributed by atoms with Gasteiger partial charge < -0.3 is 10.6 Å². The van der Waals surface area contributed by atoms with Crippen molar-refractivity contribution in [2.24, 2.45) is 5.92 Å². The molecular formula is C20H21Cl2N3OS. The number of amides is 1. The molecule has 0 aliphatic heterocycles. The van der Waals surface area contributed by atoms with Crippen LogP contribution in [0.4, 0.5) is 5.00 Å². The average molecular weight is 422 g/mol. The van der Waals surface area contributed by atoms with Gasteiger partial charge in [0, 0.05) is 21.0 Å². The van der Waals surface area contributed by atoms with Gasteiger partial charge in [-0.1, -0.05) is 36.2 Å². The molecule has 4 nitrogen and oxygen atoms in total. The standard InChI is InChI=1S/C20H21Cl2N3OS/c1-11-3-5-15-16(9-23)20(27-18(15)7-11)25-19(26)10-24-12(2)14-6-4-13(21)8-17(14)22/h4,6,8,11-12,24H,3,5,7,10H2,1-2H3,(H,25,26)/t11-,12-/m0/s1. The molecule has 0 saturated heterocycles. The van der Waals surface area contributed by atoms with Gasteiger partial charge in [0.15, 0.2) is 0 Å². The minimum atomic E-state index is -0.171. The topological polar surface area (TPSA) is 64.9 Å². The van der Waals surface area contributed by atoms with E-state index in [1.165, 1.54) is 16.2 Å². The summed E-state index contributed by atoms with van der Waals surface area (Å²) in [6, 6.07) is 7.48. The third-order valence-corrected chi connectivity index (χ3v) is 6.61. The molecule has 142 valence electrons. The van der Waals surface area contributed by atoms with E-state index >= 15 is 0 Å². The molecule has 2 aromatic rings. The van der Waals surface area contributed by atoms with Crippen LogP contribution in [0.5, 0.6) is 0 Å². The van der Waals surface area contributed by atoms with Gasteiger partial charge in [-0.2, -0.15) is 5.26 Å². The lowest BCUT2D eigenvalue weighted by molar-refractivity contribution is -0.115. The van der Waals surface area contributed by atoms with Gasteiger partial charge in [0.1, 0.15) is 11.1 Å². The van der Waals surface area contributed by atoms with E-state index in [9.17, 15) is 10.1 Å². The van der Waals surface area contributed by atoms with Crippen LogP contribution >= 0.6 is 34.5 Å². The van der Waals surface area contributed by atoms with Crippen molar-refractivity contribution in [2.75, 3.05) is 11.9 Å².